The molecule has 0 aliphatic carbocycles. The molecule has 7 heteroatoms. The lowest BCUT2D eigenvalue weighted by atomic mass is 10.0. The van der Waals surface area contributed by atoms with Crippen LogP contribution in [0, 0.1) is 17.0 Å². The second-order valence-electron chi connectivity index (χ2n) is 6.16. The predicted molar refractivity (Wildman–Crippen MR) is 99.0 cm³/mol. The fourth-order valence-corrected chi connectivity index (χ4v) is 2.37. The molecule has 0 atom stereocenters. The van der Waals surface area contributed by atoms with Crippen molar-refractivity contribution >= 4 is 17.3 Å². The highest BCUT2D eigenvalue weighted by Gasteiger charge is 2.14. The van der Waals surface area contributed by atoms with Crippen molar-refractivity contribution in [1.82, 2.24) is 0 Å². The number of rotatable bonds is 7. The highest BCUT2D eigenvalue weighted by Crippen LogP contribution is 2.29. The van der Waals surface area contributed by atoms with Crippen LogP contribution in [0.25, 0.3) is 0 Å². The molecule has 0 aromatic heterocycles. The van der Waals surface area contributed by atoms with Gasteiger partial charge in [-0.05, 0) is 36.1 Å². The molecule has 138 valence electrons. The minimum atomic E-state index is -0.535. The van der Waals surface area contributed by atoms with E-state index in [0.29, 0.717) is 17.4 Å². The minimum absolute atomic E-state index is 0.137. The zero-order valence-electron chi connectivity index (χ0n) is 15.2. The minimum Gasteiger partial charge on any atom is -0.495 e. The largest absolute Gasteiger partial charge is 0.495 e. The Morgan fingerprint density at radius 2 is 1.92 bits per heavy atom. The van der Waals surface area contributed by atoms with Gasteiger partial charge in [-0.15, -0.1) is 0 Å². The Morgan fingerprint density at radius 3 is 2.54 bits per heavy atom. The van der Waals surface area contributed by atoms with E-state index >= 15 is 0 Å². The van der Waals surface area contributed by atoms with Crippen LogP contribution >= 0.6 is 0 Å². The van der Waals surface area contributed by atoms with Gasteiger partial charge in [0.05, 0.1) is 17.7 Å². The fourth-order valence-electron chi connectivity index (χ4n) is 2.37. The number of nitrogens with zero attached hydrogens (tertiary/aromatic N) is 1. The van der Waals surface area contributed by atoms with Crippen molar-refractivity contribution in [3.05, 3.63) is 57.6 Å². The molecule has 0 aliphatic rings. The lowest BCUT2D eigenvalue weighted by Crippen LogP contribution is -2.21. The summed E-state index contributed by atoms with van der Waals surface area (Å²) in [6.07, 6.45) is 0. The smallest absolute Gasteiger partial charge is 0.271 e. The Morgan fingerprint density at radius 1 is 1.19 bits per heavy atom. The van der Waals surface area contributed by atoms with Crippen LogP contribution in [0.3, 0.4) is 0 Å². The number of hydrogen-bond acceptors (Lipinski definition) is 5. The first-order valence-corrected chi connectivity index (χ1v) is 8.17. The van der Waals surface area contributed by atoms with Crippen molar-refractivity contribution in [2.45, 2.75) is 26.7 Å². The third kappa shape index (κ3) is 4.72. The van der Waals surface area contributed by atoms with Gasteiger partial charge < -0.3 is 14.8 Å². The van der Waals surface area contributed by atoms with Crippen LogP contribution in [0.15, 0.2) is 36.4 Å². The van der Waals surface area contributed by atoms with Crippen LogP contribution in [0.4, 0.5) is 11.4 Å². The van der Waals surface area contributed by atoms with E-state index in [9.17, 15) is 14.9 Å². The zero-order chi connectivity index (χ0) is 19.3. The van der Waals surface area contributed by atoms with Crippen LogP contribution in [0.2, 0.25) is 0 Å². The molecule has 2 rings (SSSR count). The molecule has 0 radical (unpaired) electrons. The van der Waals surface area contributed by atoms with Crippen molar-refractivity contribution < 1.29 is 19.2 Å². The predicted octanol–water partition coefficient (Wildman–Crippen LogP) is 4.05. The normalized spacial score (nSPS) is 10.5. The Bertz CT molecular complexity index is 818. The summed E-state index contributed by atoms with van der Waals surface area (Å²) in [6, 6.07) is 9.90. The van der Waals surface area contributed by atoms with E-state index in [1.807, 2.05) is 25.1 Å². The molecule has 1 N–H and O–H groups in total. The standard InChI is InChI=1S/C19H22N2O5/c1-12(2)14-6-5-13(3)18(9-14)26-11-19(22)20-16-10-15(21(23)24)7-8-17(16)25-4/h5-10,12H,11H2,1-4H3,(H,20,22). The molecule has 7 nitrogen and oxygen atoms in total. The van der Waals surface area contributed by atoms with Crippen LogP contribution in [-0.4, -0.2) is 24.5 Å². The number of nitrogens with one attached hydrogen (secondary N) is 1. The summed E-state index contributed by atoms with van der Waals surface area (Å²) in [7, 11) is 1.42. The Kier molecular flexibility index (Phi) is 6.16. The highest BCUT2D eigenvalue weighted by molar-refractivity contribution is 5.93. The summed E-state index contributed by atoms with van der Waals surface area (Å²) in [5, 5.41) is 13.5. The maximum Gasteiger partial charge on any atom is 0.271 e. The lowest BCUT2D eigenvalue weighted by Gasteiger charge is -2.13. The molecule has 26 heavy (non-hydrogen) atoms. The average molecular weight is 358 g/mol. The maximum absolute atomic E-state index is 12.2. The van der Waals surface area contributed by atoms with Crippen LogP contribution in [0.5, 0.6) is 11.5 Å². The summed E-state index contributed by atoms with van der Waals surface area (Å²) in [6.45, 7) is 5.85. The first-order chi connectivity index (χ1) is 12.3. The molecule has 0 fully saturated rings. The maximum atomic E-state index is 12.2. The fraction of sp³-hybridized carbons (Fsp3) is 0.316. The van der Waals surface area contributed by atoms with Gasteiger partial charge >= 0.3 is 0 Å². The van der Waals surface area contributed by atoms with Crippen molar-refractivity contribution in [3.63, 3.8) is 0 Å². The summed E-state index contributed by atoms with van der Waals surface area (Å²) in [5.41, 5.74) is 2.13. The monoisotopic (exact) mass is 358 g/mol. The zero-order valence-corrected chi connectivity index (χ0v) is 15.2. The van der Waals surface area contributed by atoms with Crippen molar-refractivity contribution in [2.24, 2.45) is 0 Å². The van der Waals surface area contributed by atoms with Gasteiger partial charge in [-0.1, -0.05) is 26.0 Å². The SMILES string of the molecule is COc1ccc([N+](=O)[O-])cc1NC(=O)COc1cc(C(C)C)ccc1C. The topological polar surface area (TPSA) is 90.7 Å². The number of aryl methyl sites for hydroxylation is 1. The highest BCUT2D eigenvalue weighted by atomic mass is 16.6. The number of methoxy groups -OCH3 is 1. The molecule has 1 amide bonds. The number of benzene rings is 2. The first kappa shape index (κ1) is 19.2. The second-order valence-corrected chi connectivity index (χ2v) is 6.16. The molecule has 0 unspecified atom stereocenters. The van der Waals surface area contributed by atoms with Gasteiger partial charge in [-0.2, -0.15) is 0 Å². The Balaban J connectivity index is 2.09. The number of nitro benzene ring substituents is 1. The quantitative estimate of drug-likeness (QED) is 0.595. The van der Waals surface area contributed by atoms with E-state index in [0.717, 1.165) is 11.1 Å². The molecule has 2 aromatic rings. The number of ether oxygens (including phenoxy) is 2. The Labute approximate surface area is 152 Å². The molecule has 2 aromatic carbocycles. The molecule has 0 heterocycles. The van der Waals surface area contributed by atoms with Crippen LogP contribution < -0.4 is 14.8 Å². The van der Waals surface area contributed by atoms with Gasteiger partial charge in [0.25, 0.3) is 11.6 Å². The molecular weight excluding hydrogens is 336 g/mol. The number of amides is 1. The number of nitro groups is 1. The molecular formula is C19H22N2O5. The van der Waals surface area contributed by atoms with Gasteiger partial charge in [0, 0.05) is 12.1 Å². The third-order valence-corrected chi connectivity index (χ3v) is 3.91. The molecule has 0 saturated heterocycles. The van der Waals surface area contributed by atoms with Crippen molar-refractivity contribution in [2.75, 3.05) is 19.0 Å². The lowest BCUT2D eigenvalue weighted by molar-refractivity contribution is -0.384. The summed E-state index contributed by atoms with van der Waals surface area (Å²) in [4.78, 5) is 22.6. The van der Waals surface area contributed by atoms with E-state index in [1.54, 1.807) is 0 Å². The van der Waals surface area contributed by atoms with E-state index < -0.39 is 10.8 Å². The molecule has 0 bridgehead atoms. The first-order valence-electron chi connectivity index (χ1n) is 8.17. The number of carbonyl (C=O) groups excluding carboxylic acids is 1. The van der Waals surface area contributed by atoms with Gasteiger partial charge in [0.1, 0.15) is 11.5 Å². The number of carbonyl (C=O) groups is 1. The second kappa shape index (κ2) is 8.33. The summed E-state index contributed by atoms with van der Waals surface area (Å²) in [5.74, 6) is 0.887. The van der Waals surface area contributed by atoms with E-state index in [2.05, 4.69) is 19.2 Å². The van der Waals surface area contributed by atoms with Gasteiger partial charge in [0.2, 0.25) is 0 Å². The number of non-ortho nitro benzene ring substituents is 1. The van der Waals surface area contributed by atoms with Gasteiger partial charge in [-0.3, -0.25) is 14.9 Å². The third-order valence-electron chi connectivity index (χ3n) is 3.91. The molecule has 0 saturated carbocycles. The van der Waals surface area contributed by atoms with Crippen molar-refractivity contribution in [3.8, 4) is 11.5 Å². The van der Waals surface area contributed by atoms with E-state index in [4.69, 9.17) is 9.47 Å². The van der Waals surface area contributed by atoms with Crippen LogP contribution in [-0.2, 0) is 4.79 Å². The van der Waals surface area contributed by atoms with Crippen molar-refractivity contribution in [1.29, 1.82) is 0 Å². The molecule has 0 aliphatic heterocycles. The number of hydrogen-bond donors (Lipinski definition) is 1. The van der Waals surface area contributed by atoms with E-state index in [-0.39, 0.29) is 18.0 Å². The number of anilines is 1. The Hall–Kier alpha value is -3.09. The summed E-state index contributed by atoms with van der Waals surface area (Å²) >= 11 is 0. The van der Waals surface area contributed by atoms with E-state index in [1.165, 1.54) is 25.3 Å². The van der Waals surface area contributed by atoms with Crippen LogP contribution in [0.1, 0.15) is 30.9 Å². The van der Waals surface area contributed by atoms with Gasteiger partial charge in [0.15, 0.2) is 6.61 Å². The average Bonchev–Trinajstić information content (AvgIpc) is 2.60. The molecule has 0 spiro atoms. The van der Waals surface area contributed by atoms with Gasteiger partial charge in [-0.25, -0.2) is 0 Å². The summed E-state index contributed by atoms with van der Waals surface area (Å²) < 4.78 is 10.8.